The molecule has 0 aliphatic heterocycles. The third-order valence-electron chi connectivity index (χ3n) is 5.90. The molecule has 0 amide bonds. The van der Waals surface area contributed by atoms with E-state index in [0.29, 0.717) is 0 Å². The van der Waals surface area contributed by atoms with Gasteiger partial charge in [-0.2, -0.15) is 0 Å². The summed E-state index contributed by atoms with van der Waals surface area (Å²) in [6.07, 6.45) is 2.29. The smallest absolute Gasteiger partial charge is 0.0132 e. The topological polar surface area (TPSA) is 0 Å². The molecule has 0 bridgehead atoms. The fourth-order valence-electron chi connectivity index (χ4n) is 4.17. The van der Waals surface area contributed by atoms with Crippen LogP contribution in [0.25, 0.3) is 21.9 Å². The molecule has 0 nitrogen and oxygen atoms in total. The first-order valence-corrected chi connectivity index (χ1v) is 9.84. The fourth-order valence-corrected chi connectivity index (χ4v) is 4.17. The van der Waals surface area contributed by atoms with Gasteiger partial charge in [0.05, 0.1) is 0 Å². The van der Waals surface area contributed by atoms with Crippen molar-refractivity contribution in [2.75, 3.05) is 0 Å². The van der Waals surface area contributed by atoms with Gasteiger partial charge in [-0.3, -0.25) is 0 Å². The maximum Gasteiger partial charge on any atom is -0.0132 e. The van der Waals surface area contributed by atoms with Gasteiger partial charge in [0.15, 0.2) is 0 Å². The standard InChI is InChI=1S/C26H30/c1-25(2,3)19-9-13-21-17(15-19)7-11-24-22-14-10-20(26(4,5)6)16-18(22)8-12-23(21)24/h7,9-11,13-16H,8,12H2,1-6H3. The minimum atomic E-state index is 0.194. The zero-order chi connectivity index (χ0) is 18.7. The first-order valence-electron chi connectivity index (χ1n) is 9.84. The largest absolute Gasteiger partial charge is 0.0579 e. The molecule has 0 saturated carbocycles. The molecule has 134 valence electrons. The summed E-state index contributed by atoms with van der Waals surface area (Å²) in [6, 6.07) is 18.8. The molecule has 0 saturated heterocycles. The second kappa shape index (κ2) is 5.71. The average molecular weight is 343 g/mol. The summed E-state index contributed by atoms with van der Waals surface area (Å²) >= 11 is 0. The van der Waals surface area contributed by atoms with E-state index in [-0.39, 0.29) is 10.8 Å². The quantitative estimate of drug-likeness (QED) is 0.405. The first kappa shape index (κ1) is 17.3. The Morgan fingerprint density at radius 1 is 0.615 bits per heavy atom. The van der Waals surface area contributed by atoms with Gasteiger partial charge >= 0.3 is 0 Å². The minimum absolute atomic E-state index is 0.194. The summed E-state index contributed by atoms with van der Waals surface area (Å²) in [4.78, 5) is 0. The number of benzene rings is 3. The van der Waals surface area contributed by atoms with Crippen LogP contribution >= 0.6 is 0 Å². The molecule has 0 aromatic heterocycles. The van der Waals surface area contributed by atoms with Crippen LogP contribution in [0.4, 0.5) is 0 Å². The summed E-state index contributed by atoms with van der Waals surface area (Å²) < 4.78 is 0. The highest BCUT2D eigenvalue weighted by Crippen LogP contribution is 2.40. The van der Waals surface area contributed by atoms with Gasteiger partial charge in [0.2, 0.25) is 0 Å². The lowest BCUT2D eigenvalue weighted by Gasteiger charge is -2.26. The van der Waals surface area contributed by atoms with E-state index < -0.39 is 0 Å². The molecule has 3 aromatic rings. The Morgan fingerprint density at radius 2 is 1.23 bits per heavy atom. The Kier molecular flexibility index (Phi) is 3.81. The van der Waals surface area contributed by atoms with Crippen molar-refractivity contribution in [3.63, 3.8) is 0 Å². The Bertz CT molecular complexity index is 991. The Balaban J connectivity index is 1.86. The molecule has 0 N–H and O–H groups in total. The maximum atomic E-state index is 2.44. The van der Waals surface area contributed by atoms with Crippen molar-refractivity contribution in [1.29, 1.82) is 0 Å². The van der Waals surface area contributed by atoms with Crippen LogP contribution in [0.1, 0.15) is 63.8 Å². The van der Waals surface area contributed by atoms with Gasteiger partial charge in [-0.15, -0.1) is 0 Å². The van der Waals surface area contributed by atoms with Crippen molar-refractivity contribution in [1.82, 2.24) is 0 Å². The van der Waals surface area contributed by atoms with Crippen LogP contribution in [0.3, 0.4) is 0 Å². The molecule has 1 aliphatic carbocycles. The van der Waals surface area contributed by atoms with E-state index in [0.717, 1.165) is 12.8 Å². The molecule has 0 radical (unpaired) electrons. The van der Waals surface area contributed by atoms with E-state index in [1.807, 2.05) is 0 Å². The highest BCUT2D eigenvalue weighted by molar-refractivity contribution is 5.93. The second-order valence-electron chi connectivity index (χ2n) is 9.90. The van der Waals surface area contributed by atoms with Crippen molar-refractivity contribution in [2.45, 2.75) is 65.2 Å². The summed E-state index contributed by atoms with van der Waals surface area (Å²) in [6.45, 7) is 13.8. The number of aryl methyl sites for hydroxylation is 2. The molecule has 0 atom stereocenters. The number of hydrogen-bond acceptors (Lipinski definition) is 0. The third kappa shape index (κ3) is 2.86. The van der Waals surface area contributed by atoms with E-state index in [4.69, 9.17) is 0 Å². The highest BCUT2D eigenvalue weighted by atomic mass is 14.3. The van der Waals surface area contributed by atoms with Crippen molar-refractivity contribution >= 4 is 10.8 Å². The van der Waals surface area contributed by atoms with Crippen molar-refractivity contribution in [3.8, 4) is 11.1 Å². The van der Waals surface area contributed by atoms with Crippen LogP contribution in [0.15, 0.2) is 48.5 Å². The number of rotatable bonds is 0. The molecule has 0 spiro atoms. The molecule has 26 heavy (non-hydrogen) atoms. The van der Waals surface area contributed by atoms with Crippen LogP contribution in [0.5, 0.6) is 0 Å². The first-order chi connectivity index (χ1) is 12.1. The summed E-state index contributed by atoms with van der Waals surface area (Å²) in [7, 11) is 0. The van der Waals surface area contributed by atoms with Crippen LogP contribution in [-0.4, -0.2) is 0 Å². The summed E-state index contributed by atoms with van der Waals surface area (Å²) in [5.74, 6) is 0. The van der Waals surface area contributed by atoms with Gasteiger partial charge < -0.3 is 0 Å². The Morgan fingerprint density at radius 3 is 1.92 bits per heavy atom. The SMILES string of the molecule is CC(C)(C)c1ccc2c(c1)CCc1c-2ccc2cc(C(C)(C)C)ccc12. The second-order valence-corrected chi connectivity index (χ2v) is 9.90. The molecule has 3 aromatic carbocycles. The van der Waals surface area contributed by atoms with Crippen LogP contribution in [0.2, 0.25) is 0 Å². The lowest BCUT2D eigenvalue weighted by atomic mass is 9.78. The van der Waals surface area contributed by atoms with E-state index in [1.54, 1.807) is 0 Å². The lowest BCUT2D eigenvalue weighted by Crippen LogP contribution is -2.13. The lowest BCUT2D eigenvalue weighted by molar-refractivity contribution is 0.589. The highest BCUT2D eigenvalue weighted by Gasteiger charge is 2.22. The Hall–Kier alpha value is -2.08. The van der Waals surface area contributed by atoms with E-state index in [1.165, 1.54) is 44.2 Å². The van der Waals surface area contributed by atoms with Crippen LogP contribution in [-0.2, 0) is 23.7 Å². The maximum absolute atomic E-state index is 2.44. The monoisotopic (exact) mass is 342 g/mol. The molecule has 0 fully saturated rings. The number of hydrogen-bond donors (Lipinski definition) is 0. The van der Waals surface area contributed by atoms with Gasteiger partial charge in [0.1, 0.15) is 0 Å². The predicted octanol–water partition coefficient (Wildman–Crippen LogP) is 7.20. The van der Waals surface area contributed by atoms with Gasteiger partial charge in [0.25, 0.3) is 0 Å². The van der Waals surface area contributed by atoms with E-state index in [2.05, 4.69) is 90.1 Å². The summed E-state index contributed by atoms with van der Waals surface area (Å²) in [5, 5.41) is 2.81. The molecule has 0 unspecified atom stereocenters. The molecule has 0 heteroatoms. The normalized spacial score (nSPS) is 14.2. The molecule has 1 aliphatic rings. The Labute approximate surface area is 158 Å². The van der Waals surface area contributed by atoms with Gasteiger partial charge in [0, 0.05) is 0 Å². The van der Waals surface area contributed by atoms with E-state index in [9.17, 15) is 0 Å². The molecular formula is C26H30. The number of fused-ring (bicyclic) bond motifs is 5. The minimum Gasteiger partial charge on any atom is -0.0579 e. The van der Waals surface area contributed by atoms with Crippen molar-refractivity contribution in [3.05, 3.63) is 70.8 Å². The van der Waals surface area contributed by atoms with Gasteiger partial charge in [-0.25, -0.2) is 0 Å². The van der Waals surface area contributed by atoms with Gasteiger partial charge in [-0.05, 0) is 67.8 Å². The van der Waals surface area contributed by atoms with Crippen molar-refractivity contribution in [2.24, 2.45) is 0 Å². The van der Waals surface area contributed by atoms with E-state index >= 15 is 0 Å². The predicted molar refractivity (Wildman–Crippen MR) is 114 cm³/mol. The average Bonchev–Trinajstić information content (AvgIpc) is 2.58. The summed E-state index contributed by atoms with van der Waals surface area (Å²) in [5.41, 5.74) is 9.16. The zero-order valence-electron chi connectivity index (χ0n) is 17.0. The van der Waals surface area contributed by atoms with Gasteiger partial charge in [-0.1, -0.05) is 90.1 Å². The third-order valence-corrected chi connectivity index (χ3v) is 5.90. The van der Waals surface area contributed by atoms with Crippen molar-refractivity contribution < 1.29 is 0 Å². The van der Waals surface area contributed by atoms with Crippen LogP contribution in [0, 0.1) is 0 Å². The molecule has 4 rings (SSSR count). The fraction of sp³-hybridized carbons (Fsp3) is 0.385. The molecular weight excluding hydrogens is 312 g/mol. The zero-order valence-corrected chi connectivity index (χ0v) is 17.0. The van der Waals surface area contributed by atoms with Crippen LogP contribution < -0.4 is 0 Å². The molecule has 0 heterocycles.